The molecule has 0 saturated heterocycles. The zero-order chi connectivity index (χ0) is 16.2. The lowest BCUT2D eigenvalue weighted by Crippen LogP contribution is -2.12. The second kappa shape index (κ2) is 6.39. The Balaban J connectivity index is 1.82. The zero-order valence-corrected chi connectivity index (χ0v) is 13.1. The van der Waals surface area contributed by atoms with Crippen LogP contribution >= 0.6 is 0 Å². The van der Waals surface area contributed by atoms with Crippen LogP contribution in [-0.2, 0) is 6.42 Å². The van der Waals surface area contributed by atoms with Gasteiger partial charge < -0.3 is 14.1 Å². The molecule has 3 aromatic heterocycles. The average molecular weight is 312 g/mol. The van der Waals surface area contributed by atoms with Gasteiger partial charge in [0.15, 0.2) is 0 Å². The summed E-state index contributed by atoms with van der Waals surface area (Å²) in [5.74, 6) is 1.22. The smallest absolute Gasteiger partial charge is 0.267 e. The Bertz CT molecular complexity index is 785. The molecule has 0 unspecified atom stereocenters. The number of hydrogen-bond acceptors (Lipinski definition) is 8. The number of anilines is 1. The molecule has 8 heteroatoms. The number of methoxy groups -OCH3 is 1. The Hall–Kier alpha value is -3.03. The van der Waals surface area contributed by atoms with Crippen LogP contribution < -0.4 is 9.64 Å². The Morgan fingerprint density at radius 1 is 1.13 bits per heavy atom. The second-order valence-electron chi connectivity index (χ2n) is 4.99. The van der Waals surface area contributed by atoms with E-state index in [1.807, 2.05) is 31.1 Å². The molecule has 3 rings (SSSR count). The van der Waals surface area contributed by atoms with Gasteiger partial charge in [0.1, 0.15) is 5.69 Å². The number of rotatable bonds is 5. The molecule has 118 valence electrons. The summed E-state index contributed by atoms with van der Waals surface area (Å²) >= 11 is 0. The Kier molecular flexibility index (Phi) is 4.13. The summed E-state index contributed by atoms with van der Waals surface area (Å²) in [4.78, 5) is 14.6. The fourth-order valence-corrected chi connectivity index (χ4v) is 2.08. The molecule has 0 amide bonds. The van der Waals surface area contributed by atoms with Crippen LogP contribution in [0.4, 0.5) is 5.69 Å². The molecule has 3 aromatic rings. The fraction of sp³-hybridized carbons (Fsp3) is 0.267. The third kappa shape index (κ3) is 3.25. The van der Waals surface area contributed by atoms with E-state index >= 15 is 0 Å². The van der Waals surface area contributed by atoms with Gasteiger partial charge in [0.2, 0.25) is 11.8 Å². The van der Waals surface area contributed by atoms with E-state index in [2.05, 4.69) is 25.1 Å². The zero-order valence-electron chi connectivity index (χ0n) is 13.1. The summed E-state index contributed by atoms with van der Waals surface area (Å²) in [6.07, 6.45) is 5.23. The van der Waals surface area contributed by atoms with Crippen LogP contribution in [0.25, 0.3) is 11.6 Å². The lowest BCUT2D eigenvalue weighted by atomic mass is 10.2. The predicted octanol–water partition coefficient (Wildman–Crippen LogP) is 1.59. The molecule has 0 radical (unpaired) electrons. The number of hydrogen-bond donors (Lipinski definition) is 0. The number of ether oxygens (including phenoxy) is 1. The van der Waals surface area contributed by atoms with E-state index in [9.17, 15) is 0 Å². The van der Waals surface area contributed by atoms with E-state index in [1.165, 1.54) is 19.5 Å². The van der Waals surface area contributed by atoms with E-state index in [1.54, 1.807) is 6.20 Å². The van der Waals surface area contributed by atoms with Gasteiger partial charge in [-0.1, -0.05) is 0 Å². The first kappa shape index (κ1) is 14.9. The predicted molar refractivity (Wildman–Crippen MR) is 83.2 cm³/mol. The first-order valence-corrected chi connectivity index (χ1v) is 6.97. The summed E-state index contributed by atoms with van der Waals surface area (Å²) < 4.78 is 10.6. The molecule has 0 aromatic carbocycles. The molecular weight excluding hydrogens is 296 g/mol. The molecule has 0 saturated carbocycles. The lowest BCUT2D eigenvalue weighted by molar-refractivity contribution is 0.395. The summed E-state index contributed by atoms with van der Waals surface area (Å²) in [6.45, 7) is 0. The van der Waals surface area contributed by atoms with Crippen molar-refractivity contribution >= 4 is 5.69 Å². The summed E-state index contributed by atoms with van der Waals surface area (Å²) in [5.41, 5.74) is 2.38. The van der Waals surface area contributed by atoms with Crippen molar-refractivity contribution in [2.75, 3.05) is 26.1 Å². The highest BCUT2D eigenvalue weighted by molar-refractivity contribution is 5.50. The molecule has 0 spiro atoms. The van der Waals surface area contributed by atoms with Crippen LogP contribution in [0, 0.1) is 0 Å². The number of aromatic nitrogens is 5. The van der Waals surface area contributed by atoms with Crippen LogP contribution in [0.15, 0.2) is 35.1 Å². The first-order valence-electron chi connectivity index (χ1n) is 6.97. The van der Waals surface area contributed by atoms with Crippen LogP contribution in [0.1, 0.15) is 11.6 Å². The van der Waals surface area contributed by atoms with Crippen LogP contribution in [0.5, 0.6) is 5.88 Å². The van der Waals surface area contributed by atoms with E-state index < -0.39 is 0 Å². The third-order valence-electron chi connectivity index (χ3n) is 3.19. The van der Waals surface area contributed by atoms with Crippen molar-refractivity contribution in [1.29, 1.82) is 0 Å². The molecule has 0 fully saturated rings. The topological polar surface area (TPSA) is 90.1 Å². The van der Waals surface area contributed by atoms with Crippen molar-refractivity contribution < 1.29 is 9.15 Å². The molecule has 0 bridgehead atoms. The van der Waals surface area contributed by atoms with Gasteiger partial charge >= 0.3 is 0 Å². The largest absolute Gasteiger partial charge is 0.480 e. The fourth-order valence-electron chi connectivity index (χ4n) is 2.08. The van der Waals surface area contributed by atoms with E-state index in [-0.39, 0.29) is 0 Å². The van der Waals surface area contributed by atoms with Gasteiger partial charge in [0.25, 0.3) is 5.89 Å². The maximum absolute atomic E-state index is 5.66. The Morgan fingerprint density at radius 3 is 2.70 bits per heavy atom. The minimum atomic E-state index is 0.317. The molecular formula is C15H16N6O2. The van der Waals surface area contributed by atoms with Gasteiger partial charge in [0.05, 0.1) is 37.3 Å². The molecule has 0 aliphatic rings. The van der Waals surface area contributed by atoms with Crippen molar-refractivity contribution in [2.45, 2.75) is 6.42 Å². The van der Waals surface area contributed by atoms with Gasteiger partial charge in [0, 0.05) is 20.3 Å². The van der Waals surface area contributed by atoms with Crippen molar-refractivity contribution in [3.8, 4) is 17.5 Å². The highest BCUT2D eigenvalue weighted by Crippen LogP contribution is 2.21. The lowest BCUT2D eigenvalue weighted by Gasteiger charge is -2.15. The van der Waals surface area contributed by atoms with Gasteiger partial charge in [-0.05, 0) is 12.1 Å². The first-order chi connectivity index (χ1) is 11.2. The summed E-state index contributed by atoms with van der Waals surface area (Å²) in [7, 11) is 5.46. The highest BCUT2D eigenvalue weighted by Gasteiger charge is 2.14. The normalized spacial score (nSPS) is 10.6. The summed E-state index contributed by atoms with van der Waals surface area (Å²) in [5, 5.41) is 8.07. The van der Waals surface area contributed by atoms with E-state index in [0.717, 1.165) is 11.4 Å². The molecule has 0 atom stereocenters. The van der Waals surface area contributed by atoms with Gasteiger partial charge in [-0.25, -0.2) is 9.97 Å². The standard InChI is InChI=1S/C15H16N6O2/c1-21(2)12-5-4-6-16-10(12)7-13-19-20-15(23-13)11-8-18-14(22-3)9-17-11/h4-6,8-9H,7H2,1-3H3. The molecule has 8 nitrogen and oxygen atoms in total. The van der Waals surface area contributed by atoms with Crippen molar-refractivity contribution in [2.24, 2.45) is 0 Å². The Morgan fingerprint density at radius 2 is 2.00 bits per heavy atom. The van der Waals surface area contributed by atoms with Gasteiger partial charge in [-0.3, -0.25) is 4.98 Å². The van der Waals surface area contributed by atoms with Crippen LogP contribution in [0.3, 0.4) is 0 Å². The SMILES string of the molecule is COc1cnc(-c2nnc(Cc3ncccc3N(C)C)o2)cn1. The molecule has 0 aliphatic heterocycles. The monoisotopic (exact) mass is 312 g/mol. The molecule has 3 heterocycles. The van der Waals surface area contributed by atoms with Gasteiger partial charge in [-0.2, -0.15) is 0 Å². The van der Waals surface area contributed by atoms with E-state index in [0.29, 0.717) is 29.8 Å². The van der Waals surface area contributed by atoms with Crippen LogP contribution in [-0.4, -0.2) is 46.4 Å². The third-order valence-corrected chi connectivity index (χ3v) is 3.19. The Labute approximate surface area is 133 Å². The summed E-state index contributed by atoms with van der Waals surface area (Å²) in [6, 6.07) is 3.89. The van der Waals surface area contributed by atoms with Crippen molar-refractivity contribution in [3.63, 3.8) is 0 Å². The van der Waals surface area contributed by atoms with Crippen molar-refractivity contribution in [3.05, 3.63) is 42.3 Å². The van der Waals surface area contributed by atoms with Gasteiger partial charge in [-0.15, -0.1) is 10.2 Å². The van der Waals surface area contributed by atoms with E-state index in [4.69, 9.17) is 9.15 Å². The van der Waals surface area contributed by atoms with Crippen LogP contribution in [0.2, 0.25) is 0 Å². The number of pyridine rings is 1. The highest BCUT2D eigenvalue weighted by atomic mass is 16.5. The molecule has 0 N–H and O–H groups in total. The number of nitrogens with zero attached hydrogens (tertiary/aromatic N) is 6. The second-order valence-corrected chi connectivity index (χ2v) is 4.99. The maximum atomic E-state index is 5.66. The average Bonchev–Trinajstić information content (AvgIpc) is 3.04. The molecule has 0 aliphatic carbocycles. The van der Waals surface area contributed by atoms with Crippen molar-refractivity contribution in [1.82, 2.24) is 25.1 Å². The maximum Gasteiger partial charge on any atom is 0.267 e. The minimum Gasteiger partial charge on any atom is -0.480 e. The minimum absolute atomic E-state index is 0.317. The quantitative estimate of drug-likeness (QED) is 0.701. The molecule has 23 heavy (non-hydrogen) atoms.